The first kappa shape index (κ1) is 25.3. The fourth-order valence-corrected chi connectivity index (χ4v) is 4.98. The van der Waals surface area contributed by atoms with E-state index in [0.29, 0.717) is 43.3 Å². The minimum atomic E-state index is -3.66. The Balaban J connectivity index is 1.49. The lowest BCUT2D eigenvalue weighted by atomic mass is 10.3. The van der Waals surface area contributed by atoms with E-state index >= 15 is 0 Å². The molecule has 190 valence electrons. The molecular formula is C23H26FN7O4S. The Morgan fingerprint density at radius 1 is 1.08 bits per heavy atom. The molecule has 2 heterocycles. The summed E-state index contributed by atoms with van der Waals surface area (Å²) in [6, 6.07) is 12.8. The van der Waals surface area contributed by atoms with Gasteiger partial charge in [0.2, 0.25) is 16.0 Å². The van der Waals surface area contributed by atoms with Gasteiger partial charge in [-0.2, -0.15) is 9.29 Å². The zero-order chi connectivity index (χ0) is 25.7. The first-order chi connectivity index (χ1) is 17.2. The molecule has 1 aliphatic rings. The van der Waals surface area contributed by atoms with Gasteiger partial charge in [-0.05, 0) is 37.4 Å². The zero-order valence-electron chi connectivity index (χ0n) is 19.5. The van der Waals surface area contributed by atoms with Gasteiger partial charge in [-0.3, -0.25) is 4.79 Å². The molecule has 11 nitrogen and oxygen atoms in total. The number of hydrogen-bond donors (Lipinski definition) is 3. The summed E-state index contributed by atoms with van der Waals surface area (Å²) in [5.74, 6) is -0.998. The van der Waals surface area contributed by atoms with Gasteiger partial charge in [-0.25, -0.2) is 17.8 Å². The van der Waals surface area contributed by atoms with Crippen LogP contribution in [0, 0.1) is 5.82 Å². The lowest BCUT2D eigenvalue weighted by molar-refractivity contribution is -0.119. The third-order valence-corrected chi connectivity index (χ3v) is 7.31. The van der Waals surface area contributed by atoms with Gasteiger partial charge >= 0.3 is 0 Å². The van der Waals surface area contributed by atoms with Gasteiger partial charge in [-0.15, -0.1) is 0 Å². The van der Waals surface area contributed by atoms with Crippen LogP contribution in [-0.2, 0) is 14.8 Å². The normalized spacial score (nSPS) is 14.8. The molecule has 0 aliphatic carbocycles. The minimum absolute atomic E-state index is 0.0641. The van der Waals surface area contributed by atoms with Crippen LogP contribution in [0.3, 0.4) is 0 Å². The maximum atomic E-state index is 14.4. The number of likely N-dealkylation sites (N-methyl/N-ethyl adjacent to an activating group) is 1. The molecule has 0 spiro atoms. The zero-order valence-corrected chi connectivity index (χ0v) is 20.3. The largest absolute Gasteiger partial charge is 0.484 e. The number of sulfonamides is 1. The van der Waals surface area contributed by atoms with Crippen LogP contribution in [0.4, 0.5) is 27.5 Å². The fraction of sp³-hybridized carbons (Fsp3) is 0.261. The Morgan fingerprint density at radius 3 is 2.50 bits per heavy atom. The van der Waals surface area contributed by atoms with Crippen LogP contribution in [0.5, 0.6) is 5.75 Å². The molecule has 0 saturated carbocycles. The van der Waals surface area contributed by atoms with Crippen molar-refractivity contribution in [1.29, 1.82) is 0 Å². The van der Waals surface area contributed by atoms with Crippen molar-refractivity contribution in [2.75, 3.05) is 50.5 Å². The maximum Gasteiger partial charge on any atom is 0.255 e. The molecule has 0 bridgehead atoms. The first-order valence-electron chi connectivity index (χ1n) is 11.1. The van der Waals surface area contributed by atoms with Crippen molar-refractivity contribution in [3.05, 3.63) is 60.5 Å². The third-order valence-electron chi connectivity index (χ3n) is 5.41. The van der Waals surface area contributed by atoms with Gasteiger partial charge in [0, 0.05) is 43.6 Å². The van der Waals surface area contributed by atoms with Crippen molar-refractivity contribution in [2.24, 2.45) is 5.73 Å². The number of nitrogens with two attached hydrogens (primary N) is 1. The number of carbonyl (C=O) groups excluding carboxylic acids is 1. The molecule has 1 saturated heterocycles. The Hall–Kier alpha value is -3.81. The quantitative estimate of drug-likeness (QED) is 0.389. The Kier molecular flexibility index (Phi) is 7.62. The number of halogens is 1. The number of carbonyl (C=O) groups is 1. The molecule has 4 rings (SSSR count). The lowest BCUT2D eigenvalue weighted by Crippen LogP contribution is -2.47. The Bertz CT molecular complexity index is 1350. The summed E-state index contributed by atoms with van der Waals surface area (Å²) in [6.07, 6.45) is 0.996. The lowest BCUT2D eigenvalue weighted by Gasteiger charge is -2.31. The molecule has 0 radical (unpaired) electrons. The van der Waals surface area contributed by atoms with Crippen molar-refractivity contribution in [2.45, 2.75) is 4.90 Å². The number of piperazine rings is 1. The van der Waals surface area contributed by atoms with Crippen LogP contribution < -0.4 is 21.1 Å². The smallest absolute Gasteiger partial charge is 0.255 e. The number of amides is 1. The number of rotatable bonds is 9. The molecule has 0 atom stereocenters. The number of nitrogens with one attached hydrogen (secondary N) is 2. The molecule has 36 heavy (non-hydrogen) atoms. The molecule has 3 aromatic rings. The van der Waals surface area contributed by atoms with Crippen LogP contribution in [0.2, 0.25) is 0 Å². The molecule has 1 aliphatic heterocycles. The summed E-state index contributed by atoms with van der Waals surface area (Å²) in [7, 11) is -1.70. The van der Waals surface area contributed by atoms with Crippen molar-refractivity contribution in [3.63, 3.8) is 0 Å². The van der Waals surface area contributed by atoms with E-state index in [-0.39, 0.29) is 23.3 Å². The number of nitrogens with zero attached hydrogens (tertiary/aromatic N) is 4. The third kappa shape index (κ3) is 6.24. The number of aromatic nitrogens is 2. The van der Waals surface area contributed by atoms with Gasteiger partial charge in [0.1, 0.15) is 5.75 Å². The summed E-state index contributed by atoms with van der Waals surface area (Å²) in [4.78, 5) is 21.3. The van der Waals surface area contributed by atoms with E-state index in [0.717, 1.165) is 6.20 Å². The molecular weight excluding hydrogens is 489 g/mol. The highest BCUT2D eigenvalue weighted by molar-refractivity contribution is 7.89. The molecule has 0 unspecified atom stereocenters. The molecule has 2 aromatic carbocycles. The van der Waals surface area contributed by atoms with E-state index in [1.807, 2.05) is 7.05 Å². The average molecular weight is 516 g/mol. The van der Waals surface area contributed by atoms with Crippen LogP contribution in [-0.4, -0.2) is 73.3 Å². The van der Waals surface area contributed by atoms with Crippen molar-refractivity contribution < 1.29 is 22.3 Å². The highest BCUT2D eigenvalue weighted by Crippen LogP contribution is 2.25. The van der Waals surface area contributed by atoms with Gasteiger partial charge < -0.3 is 26.0 Å². The number of anilines is 4. The summed E-state index contributed by atoms with van der Waals surface area (Å²) >= 11 is 0. The molecule has 1 aromatic heterocycles. The molecule has 1 fully saturated rings. The number of primary amides is 1. The van der Waals surface area contributed by atoms with Crippen LogP contribution >= 0.6 is 0 Å². The van der Waals surface area contributed by atoms with Crippen LogP contribution in [0.25, 0.3) is 0 Å². The van der Waals surface area contributed by atoms with Gasteiger partial charge in [0.15, 0.2) is 18.2 Å². The van der Waals surface area contributed by atoms with E-state index in [9.17, 15) is 17.6 Å². The van der Waals surface area contributed by atoms with Crippen molar-refractivity contribution in [1.82, 2.24) is 19.2 Å². The van der Waals surface area contributed by atoms with Gasteiger partial charge in [0.25, 0.3) is 5.91 Å². The minimum Gasteiger partial charge on any atom is -0.484 e. The average Bonchev–Trinajstić information content (AvgIpc) is 2.85. The second kappa shape index (κ2) is 10.8. The predicted molar refractivity (Wildman–Crippen MR) is 132 cm³/mol. The SMILES string of the molecule is CN1CCN(S(=O)(=O)c2cccc(Nc3ncc(F)c(Nc4cccc(OCC(N)=O)c4)n3)c2)CC1. The van der Waals surface area contributed by atoms with E-state index in [1.54, 1.807) is 36.4 Å². The number of ether oxygens (including phenoxy) is 1. The standard InChI is InChI=1S/C23H26FN7O4S/c1-30-8-10-31(11-9-30)36(33,34)19-7-3-5-17(13-19)28-23-26-14-20(24)22(29-23)27-16-4-2-6-18(12-16)35-15-21(25)32/h2-7,12-14H,8-11,15H2,1H3,(H2,25,32)(H2,26,27,28,29). The molecule has 4 N–H and O–H groups in total. The van der Waals surface area contributed by atoms with Crippen molar-refractivity contribution >= 4 is 39.1 Å². The maximum absolute atomic E-state index is 14.4. The topological polar surface area (TPSA) is 143 Å². The van der Waals surface area contributed by atoms with Gasteiger partial charge in [-0.1, -0.05) is 12.1 Å². The number of benzene rings is 2. The first-order valence-corrected chi connectivity index (χ1v) is 12.5. The summed E-state index contributed by atoms with van der Waals surface area (Å²) < 4.78 is 47.3. The molecule has 1 amide bonds. The van der Waals surface area contributed by atoms with Gasteiger partial charge in [0.05, 0.1) is 11.1 Å². The monoisotopic (exact) mass is 515 g/mol. The van der Waals surface area contributed by atoms with Crippen LogP contribution in [0.15, 0.2) is 59.6 Å². The predicted octanol–water partition coefficient (Wildman–Crippen LogP) is 1.90. The highest BCUT2D eigenvalue weighted by atomic mass is 32.2. The van der Waals surface area contributed by atoms with E-state index in [4.69, 9.17) is 10.5 Å². The second-order valence-corrected chi connectivity index (χ2v) is 10.1. The molecule has 13 heteroatoms. The number of hydrogen-bond acceptors (Lipinski definition) is 9. The summed E-state index contributed by atoms with van der Waals surface area (Å²) in [6.45, 7) is 1.87. The summed E-state index contributed by atoms with van der Waals surface area (Å²) in [5.41, 5.74) is 5.98. The van der Waals surface area contributed by atoms with Crippen LogP contribution in [0.1, 0.15) is 0 Å². The second-order valence-electron chi connectivity index (χ2n) is 8.16. The fourth-order valence-electron chi connectivity index (χ4n) is 3.51. The highest BCUT2D eigenvalue weighted by Gasteiger charge is 2.27. The van der Waals surface area contributed by atoms with Crippen molar-refractivity contribution in [3.8, 4) is 5.75 Å². The van der Waals surface area contributed by atoms with E-state index in [2.05, 4.69) is 25.5 Å². The van der Waals surface area contributed by atoms with E-state index in [1.165, 1.54) is 16.4 Å². The summed E-state index contributed by atoms with van der Waals surface area (Å²) in [5, 5.41) is 5.77. The Labute approximate surface area is 208 Å². The Morgan fingerprint density at radius 2 is 1.78 bits per heavy atom. The van der Waals surface area contributed by atoms with E-state index < -0.39 is 21.7 Å².